The van der Waals surface area contributed by atoms with Crippen LogP contribution in [0.5, 0.6) is 5.75 Å². The molecule has 2 rings (SSSR count). The maximum Gasteiger partial charge on any atom is 0.122 e. The van der Waals surface area contributed by atoms with Gasteiger partial charge in [0.25, 0.3) is 0 Å². The lowest BCUT2D eigenvalue weighted by Gasteiger charge is -2.31. The van der Waals surface area contributed by atoms with Crippen LogP contribution < -0.4 is 10.1 Å². The summed E-state index contributed by atoms with van der Waals surface area (Å²) in [5.41, 5.74) is 1.25. The number of rotatable bonds is 7. The van der Waals surface area contributed by atoms with E-state index in [1.54, 1.807) is 7.11 Å². The fourth-order valence-electron chi connectivity index (χ4n) is 3.42. The molecular formula is C18H29NO2. The molecule has 3 unspecified atom stereocenters. The first-order valence-electron chi connectivity index (χ1n) is 8.20. The average Bonchev–Trinajstić information content (AvgIpc) is 2.53. The molecule has 1 aliphatic rings. The smallest absolute Gasteiger partial charge is 0.122 e. The van der Waals surface area contributed by atoms with E-state index in [0.717, 1.165) is 18.7 Å². The summed E-state index contributed by atoms with van der Waals surface area (Å²) in [5, 5.41) is 13.1. The van der Waals surface area contributed by atoms with Gasteiger partial charge in [0.1, 0.15) is 5.75 Å². The van der Waals surface area contributed by atoms with E-state index in [9.17, 15) is 5.11 Å². The van der Waals surface area contributed by atoms with E-state index in [2.05, 4.69) is 24.4 Å². The minimum absolute atomic E-state index is 0.341. The maximum absolute atomic E-state index is 9.49. The van der Waals surface area contributed by atoms with E-state index in [0.29, 0.717) is 24.5 Å². The van der Waals surface area contributed by atoms with Crippen molar-refractivity contribution in [3.8, 4) is 5.75 Å². The Morgan fingerprint density at radius 3 is 2.67 bits per heavy atom. The SMILES string of the molecule is COc1ccccc1CC(C)NCC1CCCCC1CO. The summed E-state index contributed by atoms with van der Waals surface area (Å²) in [4.78, 5) is 0. The first kappa shape index (κ1) is 16.3. The highest BCUT2D eigenvalue weighted by Gasteiger charge is 2.24. The monoisotopic (exact) mass is 291 g/mol. The van der Waals surface area contributed by atoms with Crippen molar-refractivity contribution in [1.29, 1.82) is 0 Å². The van der Waals surface area contributed by atoms with Crippen LogP contribution in [0.3, 0.4) is 0 Å². The van der Waals surface area contributed by atoms with Gasteiger partial charge in [-0.2, -0.15) is 0 Å². The van der Waals surface area contributed by atoms with Crippen molar-refractivity contribution in [2.45, 2.75) is 45.1 Å². The first-order chi connectivity index (χ1) is 10.2. The third-order valence-corrected chi connectivity index (χ3v) is 4.75. The number of nitrogens with one attached hydrogen (secondary N) is 1. The van der Waals surface area contributed by atoms with Gasteiger partial charge in [-0.15, -0.1) is 0 Å². The fraction of sp³-hybridized carbons (Fsp3) is 0.667. The zero-order valence-electron chi connectivity index (χ0n) is 13.3. The molecule has 0 amide bonds. The summed E-state index contributed by atoms with van der Waals surface area (Å²) in [5.74, 6) is 2.09. The van der Waals surface area contributed by atoms with Crippen LogP contribution in [0.25, 0.3) is 0 Å². The molecule has 0 bridgehead atoms. The third-order valence-electron chi connectivity index (χ3n) is 4.75. The quantitative estimate of drug-likeness (QED) is 0.811. The predicted octanol–water partition coefficient (Wildman–Crippen LogP) is 3.01. The number of methoxy groups -OCH3 is 1. The van der Waals surface area contributed by atoms with Gasteiger partial charge in [-0.05, 0) is 56.2 Å². The zero-order chi connectivity index (χ0) is 15.1. The van der Waals surface area contributed by atoms with Crippen molar-refractivity contribution in [2.24, 2.45) is 11.8 Å². The number of ether oxygens (including phenoxy) is 1. The number of aliphatic hydroxyl groups is 1. The minimum atomic E-state index is 0.341. The second-order valence-electron chi connectivity index (χ2n) is 6.31. The van der Waals surface area contributed by atoms with Crippen molar-refractivity contribution in [3.05, 3.63) is 29.8 Å². The summed E-state index contributed by atoms with van der Waals surface area (Å²) in [6, 6.07) is 8.64. The van der Waals surface area contributed by atoms with Crippen LogP contribution in [0.1, 0.15) is 38.2 Å². The van der Waals surface area contributed by atoms with Crippen molar-refractivity contribution in [2.75, 3.05) is 20.3 Å². The van der Waals surface area contributed by atoms with E-state index in [-0.39, 0.29) is 0 Å². The standard InChI is InChI=1S/C18H29NO2/c1-14(11-15-7-5-6-10-18(15)21-2)19-12-16-8-3-4-9-17(16)13-20/h5-7,10,14,16-17,19-20H,3-4,8-9,11-13H2,1-2H3. The molecule has 118 valence electrons. The molecule has 1 aliphatic carbocycles. The van der Waals surface area contributed by atoms with Gasteiger partial charge in [0.05, 0.1) is 7.11 Å². The lowest BCUT2D eigenvalue weighted by atomic mass is 9.79. The van der Waals surface area contributed by atoms with Gasteiger partial charge in [-0.3, -0.25) is 0 Å². The molecule has 0 aliphatic heterocycles. The Hall–Kier alpha value is -1.06. The predicted molar refractivity (Wildman–Crippen MR) is 86.7 cm³/mol. The molecule has 3 heteroatoms. The molecule has 0 radical (unpaired) electrons. The molecule has 3 nitrogen and oxygen atoms in total. The van der Waals surface area contributed by atoms with Gasteiger partial charge in [0, 0.05) is 12.6 Å². The Kier molecular flexibility index (Phi) is 6.52. The van der Waals surface area contributed by atoms with Gasteiger partial charge in [-0.1, -0.05) is 31.0 Å². The average molecular weight is 291 g/mol. The second kappa shape index (κ2) is 8.40. The van der Waals surface area contributed by atoms with Crippen LogP contribution in [0.15, 0.2) is 24.3 Å². The molecule has 21 heavy (non-hydrogen) atoms. The molecule has 0 heterocycles. The highest BCUT2D eigenvalue weighted by atomic mass is 16.5. The Morgan fingerprint density at radius 1 is 1.24 bits per heavy atom. The van der Waals surface area contributed by atoms with Crippen LogP contribution in [0.2, 0.25) is 0 Å². The van der Waals surface area contributed by atoms with Crippen molar-refractivity contribution >= 4 is 0 Å². The highest BCUT2D eigenvalue weighted by molar-refractivity contribution is 5.33. The van der Waals surface area contributed by atoms with Gasteiger partial charge in [0.2, 0.25) is 0 Å². The molecule has 1 fully saturated rings. The van der Waals surface area contributed by atoms with Crippen LogP contribution in [0.4, 0.5) is 0 Å². The summed E-state index contributed by atoms with van der Waals surface area (Å²) < 4.78 is 5.41. The minimum Gasteiger partial charge on any atom is -0.496 e. The van der Waals surface area contributed by atoms with E-state index in [1.807, 2.05) is 12.1 Å². The summed E-state index contributed by atoms with van der Waals surface area (Å²) in [7, 11) is 1.73. The number of aliphatic hydroxyl groups excluding tert-OH is 1. The van der Waals surface area contributed by atoms with E-state index in [4.69, 9.17) is 4.74 Å². The van der Waals surface area contributed by atoms with E-state index in [1.165, 1.54) is 31.2 Å². The number of hydrogen-bond acceptors (Lipinski definition) is 3. The first-order valence-corrected chi connectivity index (χ1v) is 8.20. The molecule has 0 saturated heterocycles. The molecule has 0 spiro atoms. The Balaban J connectivity index is 1.82. The van der Waals surface area contributed by atoms with Crippen LogP contribution >= 0.6 is 0 Å². The lowest BCUT2D eigenvalue weighted by Crippen LogP contribution is -2.37. The van der Waals surface area contributed by atoms with Gasteiger partial charge in [-0.25, -0.2) is 0 Å². The summed E-state index contributed by atoms with van der Waals surface area (Å²) in [6.07, 6.45) is 5.99. The normalized spacial score (nSPS) is 23.8. The molecule has 2 N–H and O–H groups in total. The Morgan fingerprint density at radius 2 is 1.95 bits per heavy atom. The molecule has 3 atom stereocenters. The summed E-state index contributed by atoms with van der Waals surface area (Å²) >= 11 is 0. The molecule has 0 aromatic heterocycles. The molecule has 1 aromatic rings. The summed E-state index contributed by atoms with van der Waals surface area (Å²) in [6.45, 7) is 3.58. The van der Waals surface area contributed by atoms with E-state index >= 15 is 0 Å². The van der Waals surface area contributed by atoms with Crippen LogP contribution in [0, 0.1) is 11.8 Å². The maximum atomic E-state index is 9.49. The topological polar surface area (TPSA) is 41.5 Å². The zero-order valence-corrected chi connectivity index (χ0v) is 13.3. The number of hydrogen-bond donors (Lipinski definition) is 2. The van der Waals surface area contributed by atoms with Crippen LogP contribution in [-0.4, -0.2) is 31.4 Å². The largest absolute Gasteiger partial charge is 0.496 e. The molecular weight excluding hydrogens is 262 g/mol. The molecule has 1 aromatic carbocycles. The molecule has 1 saturated carbocycles. The van der Waals surface area contributed by atoms with Crippen molar-refractivity contribution in [1.82, 2.24) is 5.32 Å². The third kappa shape index (κ3) is 4.72. The van der Waals surface area contributed by atoms with Crippen molar-refractivity contribution < 1.29 is 9.84 Å². The van der Waals surface area contributed by atoms with Gasteiger partial charge >= 0.3 is 0 Å². The number of para-hydroxylation sites is 1. The lowest BCUT2D eigenvalue weighted by molar-refractivity contribution is 0.131. The van der Waals surface area contributed by atoms with Crippen LogP contribution in [-0.2, 0) is 6.42 Å². The van der Waals surface area contributed by atoms with Gasteiger partial charge < -0.3 is 15.2 Å². The fourth-order valence-corrected chi connectivity index (χ4v) is 3.42. The van der Waals surface area contributed by atoms with E-state index < -0.39 is 0 Å². The van der Waals surface area contributed by atoms with Crippen molar-refractivity contribution in [3.63, 3.8) is 0 Å². The second-order valence-corrected chi connectivity index (χ2v) is 6.31. The number of benzene rings is 1. The Labute approximate surface area is 128 Å². The van der Waals surface area contributed by atoms with Gasteiger partial charge in [0.15, 0.2) is 0 Å². The Bertz CT molecular complexity index is 421. The highest BCUT2D eigenvalue weighted by Crippen LogP contribution is 2.29.